The standard InChI is InChI=1S/C19H16F2N2O3/c1-12-9-17(26-23-12)18(24)22-15-7-8-16(25-19(20)21)14(11-15)10-13-5-3-2-4-6-13/h2-9,11,19H,10H2,1H3,(H,22,24). The van der Waals surface area contributed by atoms with Gasteiger partial charge in [0.2, 0.25) is 5.76 Å². The second-order valence-electron chi connectivity index (χ2n) is 5.65. The molecule has 26 heavy (non-hydrogen) atoms. The molecule has 0 bridgehead atoms. The van der Waals surface area contributed by atoms with E-state index in [1.807, 2.05) is 30.3 Å². The largest absolute Gasteiger partial charge is 0.435 e. The van der Waals surface area contributed by atoms with Crippen LogP contribution >= 0.6 is 0 Å². The SMILES string of the molecule is Cc1cc(C(=O)Nc2ccc(OC(F)F)c(Cc3ccccc3)c2)on1. The predicted octanol–water partition coefficient (Wildman–Crippen LogP) is 4.43. The number of aryl methyl sites for hydroxylation is 1. The van der Waals surface area contributed by atoms with Crippen molar-refractivity contribution >= 4 is 11.6 Å². The van der Waals surface area contributed by atoms with Crippen molar-refractivity contribution in [3.63, 3.8) is 0 Å². The van der Waals surface area contributed by atoms with Gasteiger partial charge in [-0.2, -0.15) is 8.78 Å². The highest BCUT2D eigenvalue weighted by Gasteiger charge is 2.15. The maximum Gasteiger partial charge on any atom is 0.387 e. The van der Waals surface area contributed by atoms with E-state index in [4.69, 9.17) is 4.52 Å². The van der Waals surface area contributed by atoms with E-state index in [0.717, 1.165) is 5.56 Å². The van der Waals surface area contributed by atoms with Crippen LogP contribution in [0, 0.1) is 6.92 Å². The molecule has 0 spiro atoms. The summed E-state index contributed by atoms with van der Waals surface area (Å²) in [6, 6.07) is 15.4. The van der Waals surface area contributed by atoms with Gasteiger partial charge in [-0.05, 0) is 30.7 Å². The van der Waals surface area contributed by atoms with Crippen molar-refractivity contribution in [3.8, 4) is 5.75 Å². The number of amides is 1. The number of rotatable bonds is 6. The first-order valence-corrected chi connectivity index (χ1v) is 7.87. The zero-order valence-electron chi connectivity index (χ0n) is 13.9. The summed E-state index contributed by atoms with van der Waals surface area (Å²) in [5.74, 6) is -0.337. The number of nitrogens with one attached hydrogen (secondary N) is 1. The van der Waals surface area contributed by atoms with Gasteiger partial charge >= 0.3 is 6.61 Å². The molecule has 0 atom stereocenters. The Morgan fingerprint density at radius 2 is 1.96 bits per heavy atom. The van der Waals surface area contributed by atoms with Crippen LogP contribution in [0.5, 0.6) is 5.75 Å². The zero-order valence-corrected chi connectivity index (χ0v) is 13.9. The summed E-state index contributed by atoms with van der Waals surface area (Å²) in [7, 11) is 0. The Labute approximate surface area is 148 Å². The van der Waals surface area contributed by atoms with Crippen LogP contribution in [0.1, 0.15) is 27.4 Å². The van der Waals surface area contributed by atoms with E-state index in [-0.39, 0.29) is 11.5 Å². The maximum absolute atomic E-state index is 12.7. The summed E-state index contributed by atoms with van der Waals surface area (Å²) in [5.41, 5.74) is 2.49. The van der Waals surface area contributed by atoms with Crippen LogP contribution in [-0.4, -0.2) is 17.7 Å². The van der Waals surface area contributed by atoms with Crippen LogP contribution < -0.4 is 10.1 Å². The van der Waals surface area contributed by atoms with Gasteiger partial charge in [0.25, 0.3) is 5.91 Å². The molecule has 0 aliphatic carbocycles. The molecule has 0 aliphatic heterocycles. The van der Waals surface area contributed by atoms with Crippen molar-refractivity contribution in [2.75, 3.05) is 5.32 Å². The Balaban J connectivity index is 1.84. The monoisotopic (exact) mass is 358 g/mol. The molecule has 1 amide bonds. The minimum atomic E-state index is -2.93. The van der Waals surface area contributed by atoms with Gasteiger partial charge in [0, 0.05) is 23.7 Å². The van der Waals surface area contributed by atoms with Gasteiger partial charge < -0.3 is 14.6 Å². The van der Waals surface area contributed by atoms with Crippen LogP contribution in [0.3, 0.4) is 0 Å². The van der Waals surface area contributed by atoms with Crippen LogP contribution in [-0.2, 0) is 6.42 Å². The summed E-state index contributed by atoms with van der Waals surface area (Å²) < 4.78 is 34.8. The fraction of sp³-hybridized carbons (Fsp3) is 0.158. The summed E-state index contributed by atoms with van der Waals surface area (Å²) in [4.78, 5) is 12.2. The minimum Gasteiger partial charge on any atom is -0.435 e. The first kappa shape index (κ1) is 17.6. The average molecular weight is 358 g/mol. The molecule has 1 aromatic heterocycles. The van der Waals surface area contributed by atoms with Crippen molar-refractivity contribution in [1.82, 2.24) is 5.16 Å². The number of ether oxygens (including phenoxy) is 1. The molecule has 7 heteroatoms. The number of carbonyl (C=O) groups excluding carboxylic acids is 1. The predicted molar refractivity (Wildman–Crippen MR) is 91.5 cm³/mol. The Kier molecular flexibility index (Phi) is 5.26. The van der Waals surface area contributed by atoms with Crippen LogP contribution in [0.25, 0.3) is 0 Å². The topological polar surface area (TPSA) is 64.4 Å². The third-order valence-corrected chi connectivity index (χ3v) is 3.62. The highest BCUT2D eigenvalue weighted by molar-refractivity contribution is 6.02. The Morgan fingerprint density at radius 1 is 1.19 bits per heavy atom. The lowest BCUT2D eigenvalue weighted by molar-refractivity contribution is -0.0503. The van der Waals surface area contributed by atoms with E-state index in [9.17, 15) is 13.6 Å². The van der Waals surface area contributed by atoms with Gasteiger partial charge in [0.1, 0.15) is 5.75 Å². The molecule has 0 saturated carbocycles. The third-order valence-electron chi connectivity index (χ3n) is 3.62. The highest BCUT2D eigenvalue weighted by atomic mass is 19.3. The molecular formula is C19H16F2N2O3. The number of hydrogen-bond acceptors (Lipinski definition) is 4. The molecule has 0 unspecified atom stereocenters. The summed E-state index contributed by atoms with van der Waals surface area (Å²) in [6.45, 7) is -1.23. The molecule has 5 nitrogen and oxygen atoms in total. The quantitative estimate of drug-likeness (QED) is 0.708. The smallest absolute Gasteiger partial charge is 0.387 e. The lowest BCUT2D eigenvalue weighted by atomic mass is 10.0. The number of halogens is 2. The number of benzene rings is 2. The normalized spacial score (nSPS) is 10.8. The molecular weight excluding hydrogens is 342 g/mol. The molecule has 1 N–H and O–H groups in total. The number of hydrogen-bond donors (Lipinski definition) is 1. The number of alkyl halides is 2. The van der Waals surface area contributed by atoms with E-state index in [0.29, 0.717) is 23.4 Å². The fourth-order valence-electron chi connectivity index (χ4n) is 2.49. The number of anilines is 1. The van der Waals surface area contributed by atoms with Crippen molar-refractivity contribution in [2.45, 2.75) is 20.0 Å². The summed E-state index contributed by atoms with van der Waals surface area (Å²) in [5, 5.41) is 6.32. The number of aromatic nitrogens is 1. The van der Waals surface area contributed by atoms with E-state index in [1.54, 1.807) is 13.0 Å². The van der Waals surface area contributed by atoms with E-state index in [2.05, 4.69) is 15.2 Å². The second-order valence-corrected chi connectivity index (χ2v) is 5.65. The fourth-order valence-corrected chi connectivity index (χ4v) is 2.49. The van der Waals surface area contributed by atoms with Crippen molar-refractivity contribution < 1.29 is 22.8 Å². The second kappa shape index (κ2) is 7.77. The lowest BCUT2D eigenvalue weighted by Gasteiger charge is -2.13. The molecule has 0 radical (unpaired) electrons. The van der Waals surface area contributed by atoms with Crippen molar-refractivity contribution in [1.29, 1.82) is 0 Å². The third kappa shape index (κ3) is 4.44. The highest BCUT2D eigenvalue weighted by Crippen LogP contribution is 2.27. The molecule has 1 heterocycles. The van der Waals surface area contributed by atoms with Crippen LogP contribution in [0.4, 0.5) is 14.5 Å². The summed E-state index contributed by atoms with van der Waals surface area (Å²) >= 11 is 0. The van der Waals surface area contributed by atoms with Gasteiger partial charge in [0.15, 0.2) is 0 Å². The van der Waals surface area contributed by atoms with Gasteiger partial charge in [-0.25, -0.2) is 0 Å². The molecule has 134 valence electrons. The van der Waals surface area contributed by atoms with Gasteiger partial charge in [0.05, 0.1) is 5.69 Å². The maximum atomic E-state index is 12.7. The van der Waals surface area contributed by atoms with Crippen LogP contribution in [0.2, 0.25) is 0 Å². The molecule has 3 aromatic rings. The average Bonchev–Trinajstić information content (AvgIpc) is 3.04. The Bertz CT molecular complexity index is 895. The van der Waals surface area contributed by atoms with Crippen LogP contribution in [0.15, 0.2) is 59.1 Å². The molecule has 0 aliphatic rings. The van der Waals surface area contributed by atoms with Gasteiger partial charge in [-0.3, -0.25) is 4.79 Å². The summed E-state index contributed by atoms with van der Waals surface area (Å²) in [6.07, 6.45) is 0.383. The Hall–Kier alpha value is -3.22. The van der Waals surface area contributed by atoms with Gasteiger partial charge in [-0.15, -0.1) is 0 Å². The first-order chi connectivity index (χ1) is 12.5. The minimum absolute atomic E-state index is 0.0670. The molecule has 0 saturated heterocycles. The van der Waals surface area contributed by atoms with Gasteiger partial charge in [-0.1, -0.05) is 35.5 Å². The zero-order chi connectivity index (χ0) is 18.5. The lowest BCUT2D eigenvalue weighted by Crippen LogP contribution is -2.12. The molecule has 3 rings (SSSR count). The van der Waals surface area contributed by atoms with Crippen molar-refractivity contribution in [3.05, 3.63) is 77.2 Å². The van der Waals surface area contributed by atoms with E-state index in [1.165, 1.54) is 18.2 Å². The number of nitrogens with zero attached hydrogens (tertiary/aromatic N) is 1. The molecule has 0 fully saturated rings. The van der Waals surface area contributed by atoms with E-state index >= 15 is 0 Å². The molecule has 2 aromatic carbocycles. The number of carbonyl (C=O) groups is 1. The van der Waals surface area contributed by atoms with Crippen molar-refractivity contribution in [2.24, 2.45) is 0 Å². The van der Waals surface area contributed by atoms with E-state index < -0.39 is 12.5 Å². The Morgan fingerprint density at radius 3 is 2.62 bits per heavy atom. The first-order valence-electron chi connectivity index (χ1n) is 7.87.